The molecule has 7 nitrogen and oxygen atoms in total. The maximum absolute atomic E-state index is 12.9. The number of fused-ring (bicyclic) bond motifs is 1. The standard InChI is InChI=1S/C23H24ClN3O4S/c1-31-19-7-6-16(24)12-17(19)25-21(28)13-27-18-11-15(5-8-20(18)32-14-22(27)29)23(30)26-9-3-2-4-10-26/h5-8,11-12H,2-4,9-10,13-14H2,1H3,(H,25,28). The van der Waals surface area contributed by atoms with E-state index >= 15 is 0 Å². The van der Waals surface area contributed by atoms with Gasteiger partial charge in [0.1, 0.15) is 12.3 Å². The molecule has 0 atom stereocenters. The van der Waals surface area contributed by atoms with E-state index in [1.54, 1.807) is 30.3 Å². The zero-order valence-corrected chi connectivity index (χ0v) is 19.3. The number of hydrogen-bond donors (Lipinski definition) is 1. The third kappa shape index (κ3) is 4.86. The van der Waals surface area contributed by atoms with Gasteiger partial charge in [-0.25, -0.2) is 0 Å². The first kappa shape index (κ1) is 22.5. The second-order valence-corrected chi connectivity index (χ2v) is 9.15. The Hall–Kier alpha value is -2.71. The van der Waals surface area contributed by atoms with Crippen LogP contribution in [0.5, 0.6) is 5.75 Å². The Kier molecular flexibility index (Phi) is 6.91. The number of carbonyl (C=O) groups excluding carboxylic acids is 3. The van der Waals surface area contributed by atoms with Crippen molar-refractivity contribution >= 4 is 52.5 Å². The third-order valence-electron chi connectivity index (χ3n) is 5.53. The second-order valence-electron chi connectivity index (χ2n) is 7.70. The summed E-state index contributed by atoms with van der Waals surface area (Å²) in [5, 5.41) is 3.22. The molecule has 0 radical (unpaired) electrons. The van der Waals surface area contributed by atoms with E-state index in [-0.39, 0.29) is 30.0 Å². The van der Waals surface area contributed by atoms with E-state index in [1.807, 2.05) is 11.0 Å². The number of ether oxygens (including phenoxy) is 1. The van der Waals surface area contributed by atoms with Crippen molar-refractivity contribution in [3.63, 3.8) is 0 Å². The fourth-order valence-corrected chi connectivity index (χ4v) is 4.99. The van der Waals surface area contributed by atoms with E-state index < -0.39 is 0 Å². The summed E-state index contributed by atoms with van der Waals surface area (Å²) < 4.78 is 5.27. The Morgan fingerprint density at radius 1 is 1.12 bits per heavy atom. The van der Waals surface area contributed by atoms with Gasteiger partial charge in [0.15, 0.2) is 0 Å². The van der Waals surface area contributed by atoms with Gasteiger partial charge >= 0.3 is 0 Å². The van der Waals surface area contributed by atoms with Gasteiger partial charge < -0.3 is 19.9 Å². The van der Waals surface area contributed by atoms with E-state index in [0.29, 0.717) is 27.7 Å². The number of thioether (sulfide) groups is 1. The number of benzene rings is 2. The molecule has 1 saturated heterocycles. The summed E-state index contributed by atoms with van der Waals surface area (Å²) in [7, 11) is 1.50. The van der Waals surface area contributed by atoms with Gasteiger partial charge in [0.2, 0.25) is 11.8 Å². The molecule has 168 valence electrons. The summed E-state index contributed by atoms with van der Waals surface area (Å²) in [6, 6.07) is 10.3. The molecular formula is C23H24ClN3O4S. The summed E-state index contributed by atoms with van der Waals surface area (Å²) in [6.07, 6.45) is 3.15. The van der Waals surface area contributed by atoms with E-state index in [1.165, 1.54) is 23.8 Å². The minimum Gasteiger partial charge on any atom is -0.495 e. The number of nitrogens with zero attached hydrogens (tertiary/aromatic N) is 2. The maximum Gasteiger partial charge on any atom is 0.253 e. The van der Waals surface area contributed by atoms with Crippen LogP contribution in [0.25, 0.3) is 0 Å². The highest BCUT2D eigenvalue weighted by atomic mass is 35.5. The van der Waals surface area contributed by atoms with Gasteiger partial charge in [-0.05, 0) is 55.7 Å². The molecule has 1 fully saturated rings. The summed E-state index contributed by atoms with van der Waals surface area (Å²) in [6.45, 7) is 1.32. The summed E-state index contributed by atoms with van der Waals surface area (Å²) in [5.41, 5.74) is 1.54. The van der Waals surface area contributed by atoms with Gasteiger partial charge in [0.25, 0.3) is 5.91 Å². The quantitative estimate of drug-likeness (QED) is 0.708. The van der Waals surface area contributed by atoms with Gasteiger partial charge in [0.05, 0.1) is 24.2 Å². The molecule has 0 aromatic heterocycles. The molecule has 2 aliphatic heterocycles. The van der Waals surface area contributed by atoms with Crippen LogP contribution in [0, 0.1) is 0 Å². The maximum atomic E-state index is 12.9. The van der Waals surface area contributed by atoms with Crippen LogP contribution in [0.4, 0.5) is 11.4 Å². The Balaban J connectivity index is 1.55. The number of anilines is 2. The summed E-state index contributed by atoms with van der Waals surface area (Å²) in [4.78, 5) is 42.6. The fourth-order valence-electron chi connectivity index (χ4n) is 3.90. The van der Waals surface area contributed by atoms with Crippen LogP contribution >= 0.6 is 23.4 Å². The molecule has 2 aromatic rings. The minimum absolute atomic E-state index is 0.0383. The number of likely N-dealkylation sites (tertiary alicyclic amines) is 1. The normalized spacial score (nSPS) is 15.9. The lowest BCUT2D eigenvalue weighted by atomic mass is 10.1. The van der Waals surface area contributed by atoms with Gasteiger partial charge in [0, 0.05) is 28.6 Å². The van der Waals surface area contributed by atoms with Crippen LogP contribution in [0.2, 0.25) is 5.02 Å². The number of halogens is 1. The van der Waals surface area contributed by atoms with Crippen molar-refractivity contribution in [2.24, 2.45) is 0 Å². The van der Waals surface area contributed by atoms with E-state index in [0.717, 1.165) is 37.2 Å². The number of piperidine rings is 1. The van der Waals surface area contributed by atoms with Crippen molar-refractivity contribution in [1.29, 1.82) is 0 Å². The second kappa shape index (κ2) is 9.83. The Morgan fingerprint density at radius 2 is 1.91 bits per heavy atom. The highest BCUT2D eigenvalue weighted by Gasteiger charge is 2.29. The first-order valence-corrected chi connectivity index (χ1v) is 11.8. The summed E-state index contributed by atoms with van der Waals surface area (Å²) in [5.74, 6) is 0.102. The lowest BCUT2D eigenvalue weighted by Crippen LogP contribution is -2.41. The van der Waals surface area contributed by atoms with Gasteiger partial charge in [-0.15, -0.1) is 11.8 Å². The highest BCUT2D eigenvalue weighted by molar-refractivity contribution is 8.00. The number of carbonyl (C=O) groups is 3. The van der Waals surface area contributed by atoms with Crippen LogP contribution in [0.3, 0.4) is 0 Å². The molecule has 0 unspecified atom stereocenters. The van der Waals surface area contributed by atoms with Crippen LogP contribution < -0.4 is 15.0 Å². The third-order valence-corrected chi connectivity index (χ3v) is 6.81. The largest absolute Gasteiger partial charge is 0.495 e. The molecule has 0 aliphatic carbocycles. The first-order chi connectivity index (χ1) is 15.5. The number of nitrogens with one attached hydrogen (secondary N) is 1. The smallest absolute Gasteiger partial charge is 0.253 e. The van der Waals surface area contributed by atoms with E-state index in [4.69, 9.17) is 16.3 Å². The van der Waals surface area contributed by atoms with E-state index in [2.05, 4.69) is 5.32 Å². The van der Waals surface area contributed by atoms with Gasteiger partial charge in [-0.3, -0.25) is 14.4 Å². The van der Waals surface area contributed by atoms with Crippen LogP contribution in [0.1, 0.15) is 29.6 Å². The average Bonchev–Trinajstić information content (AvgIpc) is 2.81. The average molecular weight is 474 g/mol. The molecule has 3 amide bonds. The van der Waals surface area contributed by atoms with Crippen molar-refractivity contribution in [2.75, 3.05) is 42.7 Å². The van der Waals surface area contributed by atoms with Crippen molar-refractivity contribution in [2.45, 2.75) is 24.2 Å². The summed E-state index contributed by atoms with van der Waals surface area (Å²) >= 11 is 7.45. The molecule has 0 bridgehead atoms. The molecule has 0 saturated carbocycles. The molecule has 2 aliphatic rings. The number of hydrogen-bond acceptors (Lipinski definition) is 5. The molecular weight excluding hydrogens is 450 g/mol. The van der Waals surface area contributed by atoms with Crippen molar-refractivity contribution in [3.05, 3.63) is 47.0 Å². The molecule has 1 N–H and O–H groups in total. The van der Waals surface area contributed by atoms with Crippen molar-refractivity contribution in [1.82, 2.24) is 4.90 Å². The van der Waals surface area contributed by atoms with Crippen LogP contribution in [-0.4, -0.2) is 55.1 Å². The zero-order chi connectivity index (χ0) is 22.7. The van der Waals surface area contributed by atoms with Crippen molar-refractivity contribution in [3.8, 4) is 5.75 Å². The zero-order valence-electron chi connectivity index (χ0n) is 17.7. The Morgan fingerprint density at radius 3 is 2.66 bits per heavy atom. The number of amides is 3. The predicted octanol–water partition coefficient (Wildman–Crippen LogP) is 4.05. The molecule has 9 heteroatoms. The predicted molar refractivity (Wildman–Crippen MR) is 126 cm³/mol. The lowest BCUT2D eigenvalue weighted by molar-refractivity contribution is -0.120. The van der Waals surface area contributed by atoms with Gasteiger partial charge in [-0.1, -0.05) is 11.6 Å². The molecule has 2 heterocycles. The topological polar surface area (TPSA) is 79.0 Å². The SMILES string of the molecule is COc1ccc(Cl)cc1NC(=O)CN1C(=O)CSc2ccc(C(=O)N3CCCCC3)cc21. The van der Waals surface area contributed by atoms with E-state index in [9.17, 15) is 14.4 Å². The molecule has 0 spiro atoms. The van der Waals surface area contributed by atoms with Crippen LogP contribution in [0.15, 0.2) is 41.3 Å². The Labute approximate surface area is 196 Å². The minimum atomic E-state index is -0.385. The van der Waals surface area contributed by atoms with Crippen LogP contribution in [-0.2, 0) is 9.59 Å². The van der Waals surface area contributed by atoms with Crippen molar-refractivity contribution < 1.29 is 19.1 Å². The molecule has 32 heavy (non-hydrogen) atoms. The fraction of sp³-hybridized carbons (Fsp3) is 0.348. The first-order valence-electron chi connectivity index (χ1n) is 10.5. The lowest BCUT2D eigenvalue weighted by Gasteiger charge is -2.30. The highest BCUT2D eigenvalue weighted by Crippen LogP contribution is 2.36. The monoisotopic (exact) mass is 473 g/mol. The molecule has 2 aromatic carbocycles. The number of rotatable bonds is 5. The number of methoxy groups -OCH3 is 1. The Bertz CT molecular complexity index is 1060. The van der Waals surface area contributed by atoms with Gasteiger partial charge in [-0.2, -0.15) is 0 Å². The molecule has 4 rings (SSSR count).